The van der Waals surface area contributed by atoms with Crippen molar-refractivity contribution in [1.82, 2.24) is 9.97 Å². The second-order valence-electron chi connectivity index (χ2n) is 4.71. The first-order valence-electron chi connectivity index (χ1n) is 6.51. The fourth-order valence-electron chi connectivity index (χ4n) is 2.33. The lowest BCUT2D eigenvalue weighted by Gasteiger charge is -2.07. The molecular formula is C16H16N2O2. The van der Waals surface area contributed by atoms with Crippen LogP contribution in [0.25, 0.3) is 22.4 Å². The van der Waals surface area contributed by atoms with Crippen molar-refractivity contribution >= 4 is 11.0 Å². The Hall–Kier alpha value is -2.33. The summed E-state index contributed by atoms with van der Waals surface area (Å²) >= 11 is 0. The maximum absolute atomic E-state index is 9.87. The van der Waals surface area contributed by atoms with Gasteiger partial charge in [0.05, 0.1) is 18.7 Å². The molecule has 0 fully saturated rings. The Morgan fingerprint density at radius 3 is 2.55 bits per heavy atom. The summed E-state index contributed by atoms with van der Waals surface area (Å²) in [4.78, 5) is 7.90. The highest BCUT2D eigenvalue weighted by atomic mass is 16.5. The van der Waals surface area contributed by atoms with Gasteiger partial charge in [-0.15, -0.1) is 0 Å². The van der Waals surface area contributed by atoms with Crippen LogP contribution in [-0.2, 0) is 0 Å². The highest BCUT2D eigenvalue weighted by Crippen LogP contribution is 2.32. The van der Waals surface area contributed by atoms with Crippen LogP contribution >= 0.6 is 0 Å². The van der Waals surface area contributed by atoms with Crippen LogP contribution in [0.3, 0.4) is 0 Å². The third kappa shape index (κ3) is 2.04. The molecule has 4 nitrogen and oxygen atoms in total. The van der Waals surface area contributed by atoms with Gasteiger partial charge in [0.15, 0.2) is 0 Å². The Balaban J connectivity index is 2.26. The van der Waals surface area contributed by atoms with E-state index in [4.69, 9.17) is 4.74 Å². The monoisotopic (exact) mass is 268 g/mol. The number of nitrogens with zero attached hydrogens (tertiary/aromatic N) is 1. The van der Waals surface area contributed by atoms with Crippen molar-refractivity contribution in [2.75, 3.05) is 7.11 Å². The molecule has 4 heteroatoms. The van der Waals surface area contributed by atoms with Gasteiger partial charge in [0, 0.05) is 11.1 Å². The van der Waals surface area contributed by atoms with E-state index in [9.17, 15) is 5.11 Å². The number of hydrogen-bond acceptors (Lipinski definition) is 3. The third-order valence-electron chi connectivity index (χ3n) is 3.36. The number of aliphatic hydroxyl groups excluding tert-OH is 1. The average molecular weight is 268 g/mol. The van der Waals surface area contributed by atoms with Crippen molar-refractivity contribution in [2.45, 2.75) is 13.0 Å². The quantitative estimate of drug-likeness (QED) is 0.766. The van der Waals surface area contributed by atoms with Gasteiger partial charge in [0.25, 0.3) is 0 Å². The molecule has 0 aliphatic rings. The number of nitrogens with one attached hydrogen (secondary N) is 1. The number of aromatic amines is 1. The molecule has 1 unspecified atom stereocenters. The normalized spacial score (nSPS) is 12.6. The summed E-state index contributed by atoms with van der Waals surface area (Å²) in [5.74, 6) is 1.49. The van der Waals surface area contributed by atoms with Crippen LogP contribution < -0.4 is 4.74 Å². The second kappa shape index (κ2) is 4.98. The Morgan fingerprint density at radius 1 is 1.15 bits per heavy atom. The number of rotatable bonds is 3. The van der Waals surface area contributed by atoms with E-state index in [0.29, 0.717) is 0 Å². The van der Waals surface area contributed by atoms with Crippen molar-refractivity contribution in [3.8, 4) is 17.1 Å². The fraction of sp³-hybridized carbons (Fsp3) is 0.188. The van der Waals surface area contributed by atoms with Crippen molar-refractivity contribution in [1.29, 1.82) is 0 Å². The molecule has 1 aromatic heterocycles. The summed E-state index contributed by atoms with van der Waals surface area (Å²) in [6.45, 7) is 1.73. The van der Waals surface area contributed by atoms with E-state index in [1.807, 2.05) is 42.5 Å². The van der Waals surface area contributed by atoms with E-state index < -0.39 is 6.10 Å². The topological polar surface area (TPSA) is 58.1 Å². The fourth-order valence-corrected chi connectivity index (χ4v) is 2.33. The lowest BCUT2D eigenvalue weighted by molar-refractivity contribution is 0.200. The predicted molar refractivity (Wildman–Crippen MR) is 78.7 cm³/mol. The van der Waals surface area contributed by atoms with Crippen LogP contribution in [0.5, 0.6) is 5.75 Å². The first-order chi connectivity index (χ1) is 9.70. The predicted octanol–water partition coefficient (Wildman–Crippen LogP) is 3.29. The van der Waals surface area contributed by atoms with Gasteiger partial charge in [0.1, 0.15) is 17.1 Å². The van der Waals surface area contributed by atoms with Gasteiger partial charge in [-0.05, 0) is 13.0 Å². The van der Waals surface area contributed by atoms with Crippen LogP contribution in [0.2, 0.25) is 0 Å². The van der Waals surface area contributed by atoms with Crippen LogP contribution in [0, 0.1) is 0 Å². The molecule has 0 aliphatic heterocycles. The summed E-state index contributed by atoms with van der Waals surface area (Å²) < 4.78 is 5.36. The van der Waals surface area contributed by atoms with E-state index in [2.05, 4.69) is 9.97 Å². The van der Waals surface area contributed by atoms with E-state index in [0.717, 1.165) is 33.7 Å². The minimum absolute atomic E-state index is 0.574. The molecule has 0 spiro atoms. The summed E-state index contributed by atoms with van der Waals surface area (Å²) in [5, 5.41) is 9.87. The van der Waals surface area contributed by atoms with E-state index in [1.54, 1.807) is 14.0 Å². The number of H-pyrrole nitrogens is 1. The molecule has 3 rings (SSSR count). The molecule has 0 bridgehead atoms. The molecule has 0 saturated heterocycles. The number of benzene rings is 2. The van der Waals surface area contributed by atoms with Gasteiger partial charge >= 0.3 is 0 Å². The van der Waals surface area contributed by atoms with Gasteiger partial charge in [-0.1, -0.05) is 36.4 Å². The van der Waals surface area contributed by atoms with Gasteiger partial charge in [-0.2, -0.15) is 0 Å². The molecule has 0 aliphatic carbocycles. The van der Waals surface area contributed by atoms with Gasteiger partial charge < -0.3 is 14.8 Å². The van der Waals surface area contributed by atoms with E-state index in [-0.39, 0.29) is 0 Å². The maximum atomic E-state index is 9.87. The Kier molecular flexibility index (Phi) is 3.16. The molecule has 102 valence electrons. The largest absolute Gasteiger partial charge is 0.494 e. The molecule has 2 aromatic carbocycles. The Labute approximate surface area is 117 Å². The first-order valence-corrected chi connectivity index (χ1v) is 6.51. The smallest absolute Gasteiger partial charge is 0.144 e. The molecule has 3 aromatic rings. The van der Waals surface area contributed by atoms with Gasteiger partial charge in [-0.3, -0.25) is 0 Å². The molecule has 1 atom stereocenters. The number of aliphatic hydroxyl groups is 1. The SMILES string of the molecule is COc1ccc(C(C)O)c2nc(-c3ccccc3)[nH]c12. The van der Waals surface area contributed by atoms with Crippen LogP contribution in [0.15, 0.2) is 42.5 Å². The second-order valence-corrected chi connectivity index (χ2v) is 4.71. The van der Waals surface area contributed by atoms with Gasteiger partial charge in [0.2, 0.25) is 0 Å². The maximum Gasteiger partial charge on any atom is 0.144 e. The number of imidazole rings is 1. The zero-order valence-corrected chi connectivity index (χ0v) is 11.4. The van der Waals surface area contributed by atoms with E-state index >= 15 is 0 Å². The molecule has 0 amide bonds. The molecule has 0 radical (unpaired) electrons. The highest BCUT2D eigenvalue weighted by Gasteiger charge is 2.15. The Bertz CT molecular complexity index is 733. The third-order valence-corrected chi connectivity index (χ3v) is 3.36. The summed E-state index contributed by atoms with van der Waals surface area (Å²) in [6.07, 6.45) is -0.574. The van der Waals surface area contributed by atoms with Crippen LogP contribution in [-0.4, -0.2) is 22.2 Å². The van der Waals surface area contributed by atoms with Crippen molar-refractivity contribution in [3.05, 3.63) is 48.0 Å². The first kappa shape index (κ1) is 12.7. The Morgan fingerprint density at radius 2 is 1.90 bits per heavy atom. The lowest BCUT2D eigenvalue weighted by Crippen LogP contribution is -1.94. The van der Waals surface area contributed by atoms with E-state index in [1.165, 1.54) is 0 Å². The number of hydrogen-bond donors (Lipinski definition) is 2. The standard InChI is InChI=1S/C16H16N2O2/c1-10(19)12-8-9-13(20-2)15-14(12)17-16(18-15)11-6-4-3-5-7-11/h3-10,19H,1-2H3,(H,17,18). The molecular weight excluding hydrogens is 252 g/mol. The van der Waals surface area contributed by atoms with Crippen LogP contribution in [0.1, 0.15) is 18.6 Å². The zero-order valence-electron chi connectivity index (χ0n) is 11.4. The van der Waals surface area contributed by atoms with Crippen molar-refractivity contribution in [2.24, 2.45) is 0 Å². The van der Waals surface area contributed by atoms with Crippen molar-refractivity contribution in [3.63, 3.8) is 0 Å². The number of fused-ring (bicyclic) bond motifs is 1. The molecule has 1 heterocycles. The minimum atomic E-state index is -0.574. The highest BCUT2D eigenvalue weighted by molar-refractivity contribution is 5.87. The summed E-state index contributed by atoms with van der Waals surface area (Å²) in [7, 11) is 1.62. The molecule has 2 N–H and O–H groups in total. The summed E-state index contributed by atoms with van der Waals surface area (Å²) in [6, 6.07) is 13.6. The van der Waals surface area contributed by atoms with Crippen LogP contribution in [0.4, 0.5) is 0 Å². The molecule has 20 heavy (non-hydrogen) atoms. The average Bonchev–Trinajstić information content (AvgIpc) is 2.91. The summed E-state index contributed by atoms with van der Waals surface area (Å²) in [5.41, 5.74) is 3.35. The number of ether oxygens (including phenoxy) is 1. The van der Waals surface area contributed by atoms with Crippen molar-refractivity contribution < 1.29 is 9.84 Å². The van der Waals surface area contributed by atoms with Gasteiger partial charge in [-0.25, -0.2) is 4.98 Å². The minimum Gasteiger partial charge on any atom is -0.494 e. The molecule has 0 saturated carbocycles. The zero-order chi connectivity index (χ0) is 14.1. The number of aromatic nitrogens is 2. The number of methoxy groups -OCH3 is 1. The lowest BCUT2D eigenvalue weighted by atomic mass is 10.1.